The highest BCUT2D eigenvalue weighted by molar-refractivity contribution is 5.93. The number of hydrogen-bond acceptors (Lipinski definition) is 5. The Morgan fingerprint density at radius 3 is 2.42 bits per heavy atom. The molecule has 2 N–H and O–H groups in total. The van der Waals surface area contributed by atoms with Crippen LogP contribution in [0.2, 0.25) is 0 Å². The zero-order valence-electron chi connectivity index (χ0n) is 15.9. The third-order valence-corrected chi connectivity index (χ3v) is 6.50. The summed E-state index contributed by atoms with van der Waals surface area (Å²) < 4.78 is 1.96. The molecule has 3 fully saturated rings. The van der Waals surface area contributed by atoms with Crippen LogP contribution < -0.4 is 10.6 Å². The summed E-state index contributed by atoms with van der Waals surface area (Å²) in [6, 6.07) is 1.42. The van der Waals surface area contributed by atoms with Crippen molar-refractivity contribution in [1.82, 2.24) is 30.5 Å². The lowest BCUT2D eigenvalue weighted by Gasteiger charge is -2.36. The number of hydrogen-bond donors (Lipinski definition) is 2. The van der Waals surface area contributed by atoms with Gasteiger partial charge < -0.3 is 15.5 Å². The molecule has 0 aromatic carbocycles. The monoisotopic (exact) mass is 360 g/mol. The summed E-state index contributed by atoms with van der Waals surface area (Å²) in [5.41, 5.74) is 1.40. The summed E-state index contributed by atoms with van der Waals surface area (Å²) in [6.45, 7) is 6.20. The summed E-state index contributed by atoms with van der Waals surface area (Å²) in [7, 11) is 0. The fourth-order valence-corrected chi connectivity index (χ4v) is 4.88. The number of likely N-dealkylation sites (tertiary alicyclic amines) is 1. The van der Waals surface area contributed by atoms with Crippen molar-refractivity contribution in [3.05, 3.63) is 11.4 Å². The normalized spacial score (nSPS) is 24.2. The Hall–Kier alpha value is -1.47. The van der Waals surface area contributed by atoms with Gasteiger partial charge in [0.25, 0.3) is 5.91 Å². The zero-order chi connectivity index (χ0) is 17.9. The van der Waals surface area contributed by atoms with E-state index in [1.807, 2.05) is 11.6 Å². The van der Waals surface area contributed by atoms with Crippen molar-refractivity contribution in [2.75, 3.05) is 26.2 Å². The second kappa shape index (κ2) is 8.05. The highest BCUT2D eigenvalue weighted by Crippen LogP contribution is 2.26. The number of piperidine rings is 2. The Balaban J connectivity index is 1.32. The quantitative estimate of drug-likeness (QED) is 0.854. The summed E-state index contributed by atoms with van der Waals surface area (Å²) >= 11 is 0. The van der Waals surface area contributed by atoms with Crippen molar-refractivity contribution in [3.63, 3.8) is 0 Å². The van der Waals surface area contributed by atoms with Crippen LogP contribution >= 0.6 is 0 Å². The molecule has 3 heterocycles. The van der Waals surface area contributed by atoms with Crippen LogP contribution in [0.25, 0.3) is 0 Å². The van der Waals surface area contributed by atoms with E-state index in [-0.39, 0.29) is 11.9 Å². The van der Waals surface area contributed by atoms with E-state index in [1.165, 1.54) is 25.7 Å². The van der Waals surface area contributed by atoms with E-state index in [9.17, 15) is 4.79 Å². The molecule has 1 amide bonds. The predicted octanol–water partition coefficient (Wildman–Crippen LogP) is 1.65. The lowest BCUT2D eigenvalue weighted by molar-refractivity contribution is 0.0887. The number of aromatic nitrogens is 3. The summed E-state index contributed by atoms with van der Waals surface area (Å²) in [5, 5.41) is 15.1. The van der Waals surface area contributed by atoms with Gasteiger partial charge in [-0.05, 0) is 58.5 Å². The van der Waals surface area contributed by atoms with Gasteiger partial charge in [-0.2, -0.15) is 0 Å². The molecule has 7 nitrogen and oxygen atoms in total. The molecule has 1 saturated carbocycles. The first-order valence-electron chi connectivity index (χ1n) is 10.4. The maximum absolute atomic E-state index is 12.7. The van der Waals surface area contributed by atoms with Crippen LogP contribution in [0.3, 0.4) is 0 Å². The van der Waals surface area contributed by atoms with Crippen LogP contribution in [-0.4, -0.2) is 64.1 Å². The fourth-order valence-electron chi connectivity index (χ4n) is 4.88. The number of nitrogens with one attached hydrogen (secondary N) is 2. The van der Waals surface area contributed by atoms with Gasteiger partial charge in [0.05, 0.1) is 11.7 Å². The molecule has 2 aliphatic heterocycles. The van der Waals surface area contributed by atoms with E-state index in [0.717, 1.165) is 63.6 Å². The Kier molecular flexibility index (Phi) is 5.55. The zero-order valence-corrected chi connectivity index (χ0v) is 15.9. The molecule has 1 aromatic rings. The van der Waals surface area contributed by atoms with Crippen molar-refractivity contribution < 1.29 is 4.79 Å². The van der Waals surface area contributed by atoms with E-state index in [1.54, 1.807) is 0 Å². The van der Waals surface area contributed by atoms with Crippen molar-refractivity contribution in [2.45, 2.75) is 76.4 Å². The number of carbonyl (C=O) groups is 1. The molecule has 3 aliphatic rings. The summed E-state index contributed by atoms with van der Waals surface area (Å²) in [5.74, 6) is -0.0537. The Morgan fingerprint density at radius 2 is 1.73 bits per heavy atom. The number of amides is 1. The van der Waals surface area contributed by atoms with E-state index in [0.29, 0.717) is 11.7 Å². The largest absolute Gasteiger partial charge is 0.348 e. The van der Waals surface area contributed by atoms with E-state index >= 15 is 0 Å². The average Bonchev–Trinajstić information content (AvgIpc) is 3.33. The van der Waals surface area contributed by atoms with Crippen LogP contribution in [0.5, 0.6) is 0 Å². The van der Waals surface area contributed by atoms with Gasteiger partial charge in [-0.15, -0.1) is 5.10 Å². The molecule has 2 saturated heterocycles. The highest BCUT2D eigenvalue weighted by atomic mass is 16.2. The van der Waals surface area contributed by atoms with Gasteiger partial charge >= 0.3 is 0 Å². The Labute approximate surface area is 155 Å². The highest BCUT2D eigenvalue weighted by Gasteiger charge is 2.29. The smallest absolute Gasteiger partial charge is 0.273 e. The molecule has 7 heteroatoms. The SMILES string of the molecule is Cc1c(C(=O)NC2CCN(C3CCCC3)CC2)nnn1C1CCNCC1. The van der Waals surface area contributed by atoms with E-state index in [4.69, 9.17) is 0 Å². The van der Waals surface area contributed by atoms with Crippen molar-refractivity contribution in [1.29, 1.82) is 0 Å². The minimum Gasteiger partial charge on any atom is -0.348 e. The number of nitrogens with zero attached hydrogens (tertiary/aromatic N) is 4. The maximum atomic E-state index is 12.7. The average molecular weight is 361 g/mol. The van der Waals surface area contributed by atoms with Crippen molar-refractivity contribution in [2.24, 2.45) is 0 Å². The molecule has 26 heavy (non-hydrogen) atoms. The van der Waals surface area contributed by atoms with Crippen LogP contribution in [-0.2, 0) is 0 Å². The molecule has 1 aliphatic carbocycles. The molecule has 0 unspecified atom stereocenters. The van der Waals surface area contributed by atoms with Crippen LogP contribution in [0.15, 0.2) is 0 Å². The van der Waals surface area contributed by atoms with E-state index in [2.05, 4.69) is 25.8 Å². The van der Waals surface area contributed by atoms with Crippen LogP contribution in [0.1, 0.15) is 73.6 Å². The first-order valence-corrected chi connectivity index (χ1v) is 10.4. The standard InChI is InChI=1S/C19H32N6O/c1-14-18(22-23-25(14)17-6-10-20-11-7-17)19(26)21-15-8-12-24(13-9-15)16-4-2-3-5-16/h15-17,20H,2-13H2,1H3,(H,21,26). The maximum Gasteiger partial charge on any atom is 0.273 e. The molecular weight excluding hydrogens is 328 g/mol. The van der Waals surface area contributed by atoms with Gasteiger partial charge in [0.2, 0.25) is 0 Å². The van der Waals surface area contributed by atoms with Crippen molar-refractivity contribution in [3.8, 4) is 0 Å². The predicted molar refractivity (Wildman–Crippen MR) is 100 cm³/mol. The topological polar surface area (TPSA) is 75.1 Å². The fraction of sp³-hybridized carbons (Fsp3) is 0.842. The molecule has 0 spiro atoms. The van der Waals surface area contributed by atoms with Gasteiger partial charge in [-0.25, -0.2) is 4.68 Å². The minimum atomic E-state index is -0.0537. The third kappa shape index (κ3) is 3.78. The third-order valence-electron chi connectivity index (χ3n) is 6.50. The van der Waals surface area contributed by atoms with E-state index < -0.39 is 0 Å². The van der Waals surface area contributed by atoms with Crippen LogP contribution in [0.4, 0.5) is 0 Å². The molecule has 4 rings (SSSR count). The lowest BCUT2D eigenvalue weighted by Crippen LogP contribution is -2.47. The van der Waals surface area contributed by atoms with Gasteiger partial charge in [0.1, 0.15) is 0 Å². The molecule has 1 aromatic heterocycles. The summed E-state index contributed by atoms with van der Waals surface area (Å²) in [4.78, 5) is 15.3. The molecule has 0 radical (unpaired) electrons. The second-order valence-corrected chi connectivity index (χ2v) is 8.17. The molecule has 0 bridgehead atoms. The van der Waals surface area contributed by atoms with Crippen molar-refractivity contribution >= 4 is 5.91 Å². The van der Waals surface area contributed by atoms with Gasteiger partial charge in [0, 0.05) is 25.2 Å². The second-order valence-electron chi connectivity index (χ2n) is 8.17. The lowest BCUT2D eigenvalue weighted by atomic mass is 10.0. The minimum absolute atomic E-state index is 0.0537. The van der Waals surface area contributed by atoms with Gasteiger partial charge in [-0.1, -0.05) is 18.1 Å². The number of carbonyl (C=O) groups excluding carboxylic acids is 1. The molecular formula is C19H32N6O. The Morgan fingerprint density at radius 1 is 1.04 bits per heavy atom. The van der Waals surface area contributed by atoms with Gasteiger partial charge in [-0.3, -0.25) is 4.79 Å². The van der Waals surface area contributed by atoms with Crippen LogP contribution in [0, 0.1) is 6.92 Å². The molecule has 0 atom stereocenters. The Bertz CT molecular complexity index is 610. The number of rotatable bonds is 4. The molecule has 144 valence electrons. The first kappa shape index (κ1) is 17.9. The summed E-state index contributed by atoms with van der Waals surface area (Å²) in [6.07, 6.45) is 9.66. The first-order chi connectivity index (χ1) is 12.7. The van der Waals surface area contributed by atoms with Gasteiger partial charge in [0.15, 0.2) is 5.69 Å².